The van der Waals surface area contributed by atoms with Crippen LogP contribution in [0.4, 0.5) is 0 Å². The van der Waals surface area contributed by atoms with E-state index in [1.165, 1.54) is 0 Å². The molecule has 3 rings (SSSR count). The van der Waals surface area contributed by atoms with Crippen LogP contribution in [0.25, 0.3) is 0 Å². The van der Waals surface area contributed by atoms with Crippen LogP contribution in [-0.2, 0) is 13.0 Å². The van der Waals surface area contributed by atoms with Crippen LogP contribution in [0.15, 0.2) is 72.0 Å². The van der Waals surface area contributed by atoms with Gasteiger partial charge in [0.15, 0.2) is 5.96 Å². The van der Waals surface area contributed by atoms with Gasteiger partial charge in [-0.05, 0) is 55.0 Å². The van der Waals surface area contributed by atoms with Crippen molar-refractivity contribution < 1.29 is 9.47 Å². The zero-order valence-electron chi connectivity index (χ0n) is 16.4. The number of pyridine rings is 2. The number of nitrogens with zero attached hydrogens (tertiary/aromatic N) is 3. The lowest BCUT2D eigenvalue weighted by Crippen LogP contribution is -2.33. The summed E-state index contributed by atoms with van der Waals surface area (Å²) in [5.41, 5.74) is 7.91. The van der Waals surface area contributed by atoms with Crippen molar-refractivity contribution in [2.45, 2.75) is 19.9 Å². The monoisotopic (exact) mass is 391 g/mol. The second-order valence-corrected chi connectivity index (χ2v) is 6.21. The average Bonchev–Trinajstić information content (AvgIpc) is 2.75. The third-order valence-electron chi connectivity index (χ3n) is 4.00. The van der Waals surface area contributed by atoms with E-state index in [2.05, 4.69) is 20.3 Å². The first-order valence-corrected chi connectivity index (χ1v) is 9.52. The van der Waals surface area contributed by atoms with E-state index in [1.807, 2.05) is 61.5 Å². The maximum absolute atomic E-state index is 5.95. The topological polar surface area (TPSA) is 94.7 Å². The highest BCUT2D eigenvalue weighted by Gasteiger charge is 2.02. The van der Waals surface area contributed by atoms with Gasteiger partial charge in [-0.1, -0.05) is 6.07 Å². The molecule has 7 nitrogen and oxygen atoms in total. The molecule has 0 saturated carbocycles. The summed E-state index contributed by atoms with van der Waals surface area (Å²) >= 11 is 0. The molecule has 29 heavy (non-hydrogen) atoms. The highest BCUT2D eigenvalue weighted by Crippen LogP contribution is 2.23. The minimum atomic E-state index is 0.395. The first-order valence-electron chi connectivity index (χ1n) is 9.52. The van der Waals surface area contributed by atoms with E-state index in [1.54, 1.807) is 12.4 Å². The Hall–Kier alpha value is -3.61. The summed E-state index contributed by atoms with van der Waals surface area (Å²) < 4.78 is 11.2. The molecule has 2 heterocycles. The lowest BCUT2D eigenvalue weighted by Gasteiger charge is -2.08. The number of hydrogen-bond acceptors (Lipinski definition) is 5. The van der Waals surface area contributed by atoms with Crippen molar-refractivity contribution in [1.29, 1.82) is 0 Å². The quantitative estimate of drug-likeness (QED) is 0.429. The van der Waals surface area contributed by atoms with Crippen LogP contribution in [0, 0.1) is 0 Å². The molecule has 3 aromatic rings. The van der Waals surface area contributed by atoms with E-state index in [4.69, 9.17) is 15.2 Å². The molecule has 0 aliphatic carbocycles. The zero-order valence-corrected chi connectivity index (χ0v) is 16.4. The number of hydrogen-bond donors (Lipinski definition) is 2. The third-order valence-corrected chi connectivity index (χ3v) is 4.00. The molecule has 150 valence electrons. The number of nitrogens with one attached hydrogen (secondary N) is 1. The molecule has 7 heteroatoms. The number of guanidine groups is 1. The van der Waals surface area contributed by atoms with Crippen LogP contribution in [0.3, 0.4) is 0 Å². The predicted molar refractivity (Wildman–Crippen MR) is 113 cm³/mol. The number of benzene rings is 1. The molecule has 0 fully saturated rings. The molecule has 0 saturated heterocycles. The van der Waals surface area contributed by atoms with Gasteiger partial charge in [0.25, 0.3) is 0 Å². The van der Waals surface area contributed by atoms with Gasteiger partial charge in [0.05, 0.1) is 13.2 Å². The zero-order chi connectivity index (χ0) is 20.3. The maximum atomic E-state index is 5.95. The molecule has 0 aliphatic rings. The van der Waals surface area contributed by atoms with Gasteiger partial charge in [0.1, 0.15) is 11.5 Å². The van der Waals surface area contributed by atoms with Gasteiger partial charge in [0.2, 0.25) is 5.88 Å². The van der Waals surface area contributed by atoms with Crippen molar-refractivity contribution in [3.05, 3.63) is 78.2 Å². The largest absolute Gasteiger partial charge is 0.494 e. The van der Waals surface area contributed by atoms with Crippen molar-refractivity contribution in [2.75, 3.05) is 13.2 Å². The van der Waals surface area contributed by atoms with Crippen LogP contribution >= 0.6 is 0 Å². The minimum absolute atomic E-state index is 0.395. The fourth-order valence-electron chi connectivity index (χ4n) is 2.59. The lowest BCUT2D eigenvalue weighted by atomic mass is 10.2. The van der Waals surface area contributed by atoms with E-state index >= 15 is 0 Å². The fraction of sp³-hybridized carbons (Fsp3) is 0.227. The highest BCUT2D eigenvalue weighted by atomic mass is 16.5. The number of aromatic nitrogens is 2. The van der Waals surface area contributed by atoms with E-state index in [0.29, 0.717) is 37.3 Å². The Morgan fingerprint density at radius 3 is 2.62 bits per heavy atom. The Labute approximate surface area is 170 Å². The van der Waals surface area contributed by atoms with Crippen LogP contribution in [0.5, 0.6) is 17.4 Å². The van der Waals surface area contributed by atoms with Gasteiger partial charge in [0, 0.05) is 37.1 Å². The fourth-order valence-corrected chi connectivity index (χ4v) is 2.59. The summed E-state index contributed by atoms with van der Waals surface area (Å²) in [6.07, 6.45) is 4.26. The molecule has 3 N–H and O–H groups in total. The number of aliphatic imine (C=N–C) groups is 1. The van der Waals surface area contributed by atoms with Crippen molar-refractivity contribution in [2.24, 2.45) is 10.7 Å². The van der Waals surface area contributed by atoms with Crippen LogP contribution < -0.4 is 20.5 Å². The van der Waals surface area contributed by atoms with Crippen molar-refractivity contribution in [3.63, 3.8) is 0 Å². The Kier molecular flexibility index (Phi) is 7.40. The number of nitrogens with two attached hydrogens (primary N) is 1. The molecule has 0 atom stereocenters. The van der Waals surface area contributed by atoms with Crippen molar-refractivity contribution >= 4 is 5.96 Å². The maximum Gasteiger partial charge on any atom is 0.219 e. The Morgan fingerprint density at radius 2 is 1.86 bits per heavy atom. The molecule has 0 amide bonds. The smallest absolute Gasteiger partial charge is 0.219 e. The van der Waals surface area contributed by atoms with Gasteiger partial charge in [-0.3, -0.25) is 4.98 Å². The summed E-state index contributed by atoms with van der Waals surface area (Å²) in [5.74, 6) is 2.40. The second kappa shape index (κ2) is 10.7. The van der Waals surface area contributed by atoms with Crippen molar-refractivity contribution in [1.82, 2.24) is 15.3 Å². The minimum Gasteiger partial charge on any atom is -0.494 e. The average molecular weight is 391 g/mol. The second-order valence-electron chi connectivity index (χ2n) is 6.21. The lowest BCUT2D eigenvalue weighted by molar-refractivity contribution is 0.339. The van der Waals surface area contributed by atoms with E-state index in [9.17, 15) is 0 Å². The third kappa shape index (κ3) is 6.80. The van der Waals surface area contributed by atoms with Gasteiger partial charge < -0.3 is 20.5 Å². The molecule has 0 unspecified atom stereocenters. The van der Waals surface area contributed by atoms with Crippen LogP contribution in [0.2, 0.25) is 0 Å². The standard InChI is InChI=1S/C22H25N5O2/c1-2-28-19-6-8-20(9-7-19)29-21-15-17(10-13-25-21)16-27-22(23)26-14-11-18-5-3-4-12-24-18/h3-10,12-13,15H,2,11,14,16H2,1H3,(H3,23,26,27). The number of ether oxygens (including phenoxy) is 2. The summed E-state index contributed by atoms with van der Waals surface area (Å²) in [6, 6.07) is 17.0. The van der Waals surface area contributed by atoms with Crippen LogP contribution in [0.1, 0.15) is 18.2 Å². The summed E-state index contributed by atoms with van der Waals surface area (Å²) in [6.45, 7) is 3.69. The molecule has 1 aromatic carbocycles. The summed E-state index contributed by atoms with van der Waals surface area (Å²) in [4.78, 5) is 12.9. The molecular weight excluding hydrogens is 366 g/mol. The molecule has 0 spiro atoms. The molecular formula is C22H25N5O2. The van der Waals surface area contributed by atoms with Gasteiger partial charge >= 0.3 is 0 Å². The Bertz CT molecular complexity index is 914. The van der Waals surface area contributed by atoms with Crippen molar-refractivity contribution in [3.8, 4) is 17.4 Å². The van der Waals surface area contributed by atoms with Gasteiger partial charge in [-0.2, -0.15) is 0 Å². The highest BCUT2D eigenvalue weighted by molar-refractivity contribution is 5.77. The van der Waals surface area contributed by atoms with Crippen LogP contribution in [-0.4, -0.2) is 29.1 Å². The van der Waals surface area contributed by atoms with E-state index in [-0.39, 0.29) is 0 Å². The Morgan fingerprint density at radius 1 is 1.03 bits per heavy atom. The first-order chi connectivity index (χ1) is 14.2. The normalized spacial score (nSPS) is 11.1. The summed E-state index contributed by atoms with van der Waals surface area (Å²) in [7, 11) is 0. The van der Waals surface area contributed by atoms with Gasteiger partial charge in [-0.25, -0.2) is 9.98 Å². The molecule has 0 radical (unpaired) electrons. The van der Waals surface area contributed by atoms with E-state index in [0.717, 1.165) is 23.4 Å². The van der Waals surface area contributed by atoms with E-state index < -0.39 is 0 Å². The predicted octanol–water partition coefficient (Wildman–Crippen LogP) is 3.31. The summed E-state index contributed by atoms with van der Waals surface area (Å²) in [5, 5.41) is 3.10. The molecule has 2 aromatic heterocycles. The molecule has 0 bridgehead atoms. The molecule has 0 aliphatic heterocycles. The SMILES string of the molecule is CCOc1ccc(Oc2cc(CN=C(N)NCCc3ccccn3)ccn2)cc1. The van der Waals surface area contributed by atoms with Gasteiger partial charge in [-0.15, -0.1) is 0 Å². The Balaban J connectivity index is 1.50. The number of rotatable bonds is 9. The first kappa shape index (κ1) is 20.1.